The van der Waals surface area contributed by atoms with E-state index in [1.165, 1.54) is 17.1 Å². The van der Waals surface area contributed by atoms with Gasteiger partial charge in [0.05, 0.1) is 12.7 Å². The Hall–Kier alpha value is -4.24. The van der Waals surface area contributed by atoms with E-state index in [9.17, 15) is 40.8 Å². The highest BCUT2D eigenvalue weighted by Crippen LogP contribution is 2.23. The molecule has 2 atom stereocenters. The highest BCUT2D eigenvalue weighted by Gasteiger charge is 2.34. The molecule has 2 aromatic heterocycles. The van der Waals surface area contributed by atoms with E-state index in [1.54, 1.807) is 33.9 Å². The maximum Gasteiger partial charge on any atom is 0.411 e. The Balaban J connectivity index is 2.03. The average Bonchev–Trinajstić information content (AvgIpc) is 3.53. The van der Waals surface area contributed by atoms with E-state index in [2.05, 4.69) is 46.3 Å². The van der Waals surface area contributed by atoms with Crippen molar-refractivity contribution in [2.45, 2.75) is 83.3 Å². The van der Waals surface area contributed by atoms with Crippen LogP contribution in [0.25, 0.3) is 11.3 Å². The molecule has 2 rings (SSSR count). The van der Waals surface area contributed by atoms with Crippen LogP contribution in [0.15, 0.2) is 23.7 Å². The van der Waals surface area contributed by atoms with Crippen molar-refractivity contribution in [1.82, 2.24) is 51.1 Å². The molecular weight excluding hydrogens is 713 g/mol. The molecule has 2 heterocycles. The molecule has 0 aliphatic heterocycles. The van der Waals surface area contributed by atoms with Crippen molar-refractivity contribution in [3.05, 3.63) is 18.6 Å². The van der Waals surface area contributed by atoms with Crippen LogP contribution in [0, 0.1) is 11.3 Å². The Bertz CT molecular complexity index is 1600. The van der Waals surface area contributed by atoms with Gasteiger partial charge in [-0.2, -0.15) is 13.2 Å². The molecule has 0 fully saturated rings. The number of carbonyl (C=O) groups is 4. The summed E-state index contributed by atoms with van der Waals surface area (Å²) < 4.78 is 65.8. The van der Waals surface area contributed by atoms with Crippen LogP contribution in [0.2, 0.25) is 0 Å². The van der Waals surface area contributed by atoms with Crippen molar-refractivity contribution < 1.29 is 45.5 Å². The van der Waals surface area contributed by atoms with Crippen LogP contribution in [-0.2, 0) is 40.3 Å². The summed E-state index contributed by atoms with van der Waals surface area (Å²) in [4.78, 5) is 61.8. The molecule has 4 amide bonds. The van der Waals surface area contributed by atoms with Crippen LogP contribution in [0.5, 0.6) is 0 Å². The molecule has 4 N–H and O–H groups in total. The van der Waals surface area contributed by atoms with Gasteiger partial charge in [-0.25, -0.2) is 18.4 Å². The summed E-state index contributed by atoms with van der Waals surface area (Å²) in [5.41, 5.74) is -0.140. The molecular formula is C31H49F3N10O7S. The van der Waals surface area contributed by atoms with Crippen LogP contribution in [0.1, 0.15) is 53.4 Å². The summed E-state index contributed by atoms with van der Waals surface area (Å²) >= 11 is 0. The third kappa shape index (κ3) is 15.6. The van der Waals surface area contributed by atoms with Gasteiger partial charge < -0.3 is 30.9 Å². The molecule has 2 aromatic rings. The number of unbranched alkanes of at least 4 members (excludes halogenated alkanes) is 1. The van der Waals surface area contributed by atoms with Crippen LogP contribution >= 0.6 is 0 Å². The third-order valence-electron chi connectivity index (χ3n) is 7.65. The zero-order chi connectivity index (χ0) is 39.3. The number of alkyl halides is 3. The van der Waals surface area contributed by atoms with E-state index in [1.807, 2.05) is 19.0 Å². The van der Waals surface area contributed by atoms with Crippen molar-refractivity contribution in [3.8, 4) is 11.3 Å². The number of nitrogens with one attached hydrogen (secondary N) is 4. The predicted octanol–water partition coefficient (Wildman–Crippen LogP) is 0.681. The molecule has 0 spiro atoms. The fourth-order valence-electron chi connectivity index (χ4n) is 4.52. The average molecular weight is 763 g/mol. The Labute approximate surface area is 301 Å². The minimum Gasteiger partial charge on any atom is -0.352 e. The van der Waals surface area contributed by atoms with Crippen LogP contribution in [-0.4, -0.2) is 127 Å². The van der Waals surface area contributed by atoms with Crippen LogP contribution < -0.4 is 21.3 Å². The fraction of sp³-hybridized carbons (Fsp3) is 0.677. The van der Waals surface area contributed by atoms with E-state index in [4.69, 9.17) is 0 Å². The van der Waals surface area contributed by atoms with E-state index >= 15 is 0 Å². The highest BCUT2D eigenvalue weighted by atomic mass is 32.2. The van der Waals surface area contributed by atoms with Crippen LogP contribution in [0.4, 0.5) is 13.2 Å². The van der Waals surface area contributed by atoms with Crippen LogP contribution in [0.3, 0.4) is 0 Å². The van der Waals surface area contributed by atoms with Gasteiger partial charge in [0, 0.05) is 36.2 Å². The number of aromatic nitrogens is 5. The van der Waals surface area contributed by atoms with E-state index in [-0.39, 0.29) is 30.5 Å². The van der Waals surface area contributed by atoms with Gasteiger partial charge in [-0.3, -0.25) is 23.9 Å². The second-order valence-electron chi connectivity index (χ2n) is 13.5. The Morgan fingerprint density at radius 3 is 2.23 bits per heavy atom. The number of nitrogens with zero attached hydrogens (tertiary/aromatic N) is 6. The normalized spacial score (nSPS) is 13.5. The third-order valence-corrected chi connectivity index (χ3v) is 8.53. The molecule has 292 valence electrons. The van der Waals surface area contributed by atoms with E-state index < -0.39 is 77.0 Å². The summed E-state index contributed by atoms with van der Waals surface area (Å²) in [7, 11) is 0.217. The van der Waals surface area contributed by atoms with Gasteiger partial charge in [0.15, 0.2) is 0 Å². The van der Waals surface area contributed by atoms with Gasteiger partial charge in [0.25, 0.3) is 0 Å². The van der Waals surface area contributed by atoms with Gasteiger partial charge in [-0.15, -0.1) is 5.10 Å². The van der Waals surface area contributed by atoms with Crippen molar-refractivity contribution in [3.63, 3.8) is 0 Å². The van der Waals surface area contributed by atoms with Gasteiger partial charge >= 0.3 is 6.18 Å². The lowest BCUT2D eigenvalue weighted by Crippen LogP contribution is -2.57. The quantitative estimate of drug-likeness (QED) is 0.0784. The largest absolute Gasteiger partial charge is 0.411 e. The number of halogens is 3. The molecule has 0 saturated heterocycles. The summed E-state index contributed by atoms with van der Waals surface area (Å²) in [5.74, 6) is -2.88. The molecule has 0 unspecified atom stereocenters. The zero-order valence-corrected chi connectivity index (χ0v) is 31.2. The number of carbonyl (C=O) groups excluding carboxylic acids is 4. The number of aryl methyl sites for hydroxylation is 1. The van der Waals surface area contributed by atoms with Crippen molar-refractivity contribution in [1.29, 1.82) is 0 Å². The Morgan fingerprint density at radius 1 is 1.00 bits per heavy atom. The standard InChI is InChI=1S/C31H49F3N10O7S/c1-20(2)25(27(47)39-22(10-8-9-12-43(5)6)26(46)35-16-24(45)38-19-51-18-31(32,33)34)40-28(48)30(3,4)11-13-44-17-23(41-42-44)21-14-36-29(37-15-21)52(7,49)50/h14-15,17,20,22,25H,8-13,16,18-19H2,1-7H3,(H,35,46)(H,38,45)(H,39,47)(H,40,48)/t22-,25-/m0/s1. The van der Waals surface area contributed by atoms with Gasteiger partial charge in [-0.05, 0) is 52.2 Å². The number of rotatable bonds is 21. The topological polar surface area (TPSA) is 220 Å². The maximum atomic E-state index is 13.5. The van der Waals surface area contributed by atoms with Gasteiger partial charge in [-0.1, -0.05) is 32.9 Å². The molecule has 0 radical (unpaired) electrons. The van der Waals surface area contributed by atoms with E-state index in [0.29, 0.717) is 24.1 Å². The summed E-state index contributed by atoms with van der Waals surface area (Å²) in [5, 5.41) is 17.8. The predicted molar refractivity (Wildman–Crippen MR) is 182 cm³/mol. The minimum absolute atomic E-state index is 0.222. The monoisotopic (exact) mass is 762 g/mol. The molecule has 0 saturated carbocycles. The number of ether oxygens (including phenoxy) is 1. The lowest BCUT2D eigenvalue weighted by molar-refractivity contribution is -0.176. The highest BCUT2D eigenvalue weighted by molar-refractivity contribution is 7.90. The maximum absolute atomic E-state index is 13.5. The molecule has 17 nitrogen and oxygen atoms in total. The van der Waals surface area contributed by atoms with Crippen molar-refractivity contribution in [2.75, 3.05) is 46.8 Å². The second kappa shape index (κ2) is 19.6. The minimum atomic E-state index is -4.56. The van der Waals surface area contributed by atoms with Crippen molar-refractivity contribution in [2.24, 2.45) is 11.3 Å². The number of amides is 4. The molecule has 0 aliphatic rings. The number of hydrogen-bond acceptors (Lipinski definition) is 12. The molecule has 52 heavy (non-hydrogen) atoms. The smallest absolute Gasteiger partial charge is 0.352 e. The molecule has 0 bridgehead atoms. The first-order chi connectivity index (χ1) is 24.1. The fourth-order valence-corrected chi connectivity index (χ4v) is 5.01. The summed E-state index contributed by atoms with van der Waals surface area (Å²) in [6, 6.07) is -2.09. The van der Waals surface area contributed by atoms with Crippen molar-refractivity contribution >= 4 is 33.5 Å². The summed E-state index contributed by atoms with van der Waals surface area (Å²) in [6.45, 7) is 5.06. The Kier molecular flexibility index (Phi) is 16.5. The van der Waals surface area contributed by atoms with E-state index in [0.717, 1.165) is 12.8 Å². The molecule has 0 aliphatic carbocycles. The Morgan fingerprint density at radius 2 is 1.65 bits per heavy atom. The lowest BCUT2D eigenvalue weighted by Gasteiger charge is -2.30. The molecule has 0 aromatic carbocycles. The zero-order valence-electron chi connectivity index (χ0n) is 30.4. The number of hydrogen-bond donors (Lipinski definition) is 4. The van der Waals surface area contributed by atoms with Gasteiger partial charge in [0.2, 0.25) is 38.6 Å². The SMILES string of the molecule is CC(C)[C@H](NC(=O)C(C)(C)CCn1cc(-c2cnc(S(C)(=O)=O)nc2)nn1)C(=O)N[C@@H](CCCCN(C)C)C(=O)NCC(=O)NCOCC(F)(F)F. The first-order valence-electron chi connectivity index (χ1n) is 16.5. The molecule has 21 heteroatoms. The first kappa shape index (κ1) is 43.9. The second-order valence-corrected chi connectivity index (χ2v) is 15.4. The first-order valence-corrected chi connectivity index (χ1v) is 18.4. The van der Waals surface area contributed by atoms with Gasteiger partial charge in [0.1, 0.15) is 31.1 Å². The lowest BCUT2D eigenvalue weighted by atomic mass is 9.87. The number of sulfone groups is 1. The summed E-state index contributed by atoms with van der Waals surface area (Å²) in [6.07, 6.45) is 2.45.